The van der Waals surface area contributed by atoms with Crippen molar-refractivity contribution < 1.29 is 117 Å². The van der Waals surface area contributed by atoms with Gasteiger partial charge in [-0.3, -0.25) is 0 Å². The van der Waals surface area contributed by atoms with Crippen LogP contribution in [0.2, 0.25) is 0 Å². The van der Waals surface area contributed by atoms with Gasteiger partial charge in [0.25, 0.3) is 0 Å². The number of carbonyl (C=O) groups is 4. The Hall–Kier alpha value is -1.30. The van der Waals surface area contributed by atoms with Crippen molar-refractivity contribution >= 4 is 23.9 Å². The van der Waals surface area contributed by atoms with E-state index >= 15 is 0 Å². The van der Waals surface area contributed by atoms with Gasteiger partial charge in [0.2, 0.25) is 0 Å². The van der Waals surface area contributed by atoms with Gasteiger partial charge < -0.3 is 61.3 Å². The standard InChI is InChI=1S/2C6H10O8.Cu.Zn/c2*7-1(3(9)5(11)12)2(8)4(10)6(13)14;;/h2*1-4,7-10H,(H,11,12)(H,13,14);;/t1-,2+,3+,4-;1-,2+,3-,4+;;. The second-order valence-corrected chi connectivity index (χ2v) is 5.09. The fraction of sp³-hybridized carbons (Fsp3) is 0.667. The molecule has 0 bridgehead atoms. The molecule has 0 fully saturated rings. The van der Waals surface area contributed by atoms with E-state index in [1.54, 1.807) is 0 Å². The molecule has 18 heteroatoms. The van der Waals surface area contributed by atoms with E-state index in [-0.39, 0.29) is 36.5 Å². The minimum atomic E-state index is -2.36. The minimum Gasteiger partial charge on any atom is -0.479 e. The molecule has 0 saturated carbocycles. The Morgan fingerprint density at radius 3 is 0.567 bits per heavy atom. The zero-order chi connectivity index (χ0) is 22.9. The molecule has 30 heavy (non-hydrogen) atoms. The van der Waals surface area contributed by atoms with E-state index in [1.165, 1.54) is 0 Å². The monoisotopic (exact) mass is 547 g/mol. The van der Waals surface area contributed by atoms with Gasteiger partial charge >= 0.3 is 23.9 Å². The number of aliphatic hydroxyl groups is 8. The molecule has 0 aromatic rings. The summed E-state index contributed by atoms with van der Waals surface area (Å²) in [5.74, 6) is -7.36. The quantitative estimate of drug-likeness (QED) is 0.113. The van der Waals surface area contributed by atoms with Gasteiger partial charge in [-0.25, -0.2) is 19.2 Å². The number of carboxylic acids is 4. The molecule has 177 valence electrons. The molecule has 0 heterocycles. The molecule has 0 amide bonds. The molecule has 0 aromatic carbocycles. The molecular formula is C12H20CuO16Zn. The second kappa shape index (κ2) is 16.4. The first-order chi connectivity index (χ1) is 12.6. The first kappa shape index (κ1) is 36.1. The summed E-state index contributed by atoms with van der Waals surface area (Å²) in [6.45, 7) is 0. The maximum absolute atomic E-state index is 10.1. The molecule has 1 radical (unpaired) electrons. The summed E-state index contributed by atoms with van der Waals surface area (Å²) in [4.78, 5) is 40.3. The largest absolute Gasteiger partial charge is 0.479 e. The Bertz CT molecular complexity index is 464. The molecule has 0 rings (SSSR count). The summed E-state index contributed by atoms with van der Waals surface area (Å²) >= 11 is 0. The van der Waals surface area contributed by atoms with E-state index in [2.05, 4.69) is 0 Å². The van der Waals surface area contributed by atoms with Crippen LogP contribution in [0, 0.1) is 0 Å². The summed E-state index contributed by atoms with van der Waals surface area (Å²) < 4.78 is 0. The Morgan fingerprint density at radius 1 is 0.400 bits per heavy atom. The van der Waals surface area contributed by atoms with Crippen molar-refractivity contribution in [1.29, 1.82) is 0 Å². The molecule has 8 atom stereocenters. The smallest absolute Gasteiger partial charge is 0.335 e. The summed E-state index contributed by atoms with van der Waals surface area (Å²) in [5, 5.41) is 103. The predicted octanol–water partition coefficient (Wildman–Crippen LogP) is -6.81. The van der Waals surface area contributed by atoms with Crippen molar-refractivity contribution in [3.8, 4) is 0 Å². The number of aliphatic hydroxyl groups excluding tert-OH is 8. The van der Waals surface area contributed by atoms with Gasteiger partial charge in [0.1, 0.15) is 24.4 Å². The van der Waals surface area contributed by atoms with Crippen molar-refractivity contribution in [2.45, 2.75) is 48.8 Å². The van der Waals surface area contributed by atoms with Gasteiger partial charge in [-0.15, -0.1) is 0 Å². The van der Waals surface area contributed by atoms with Crippen LogP contribution in [0.25, 0.3) is 0 Å². The third-order valence-electron chi connectivity index (χ3n) is 3.01. The van der Waals surface area contributed by atoms with Gasteiger partial charge in [-0.05, 0) is 0 Å². The Morgan fingerprint density at radius 2 is 0.500 bits per heavy atom. The maximum Gasteiger partial charge on any atom is 0.335 e. The Balaban J connectivity index is -0.000000211. The van der Waals surface area contributed by atoms with Crippen LogP contribution in [0.5, 0.6) is 0 Å². The average molecular weight is 549 g/mol. The van der Waals surface area contributed by atoms with Crippen LogP contribution < -0.4 is 0 Å². The van der Waals surface area contributed by atoms with Gasteiger partial charge in [-0.2, -0.15) is 0 Å². The molecular weight excluding hydrogens is 529 g/mol. The van der Waals surface area contributed by atoms with E-state index in [0.29, 0.717) is 0 Å². The molecule has 0 unspecified atom stereocenters. The summed E-state index contributed by atoms with van der Waals surface area (Å²) in [6, 6.07) is 0. The molecule has 0 aliphatic heterocycles. The number of rotatable bonds is 10. The third-order valence-corrected chi connectivity index (χ3v) is 3.01. The van der Waals surface area contributed by atoms with Gasteiger partial charge in [0, 0.05) is 36.5 Å². The average Bonchev–Trinajstić information content (AvgIpc) is 2.62. The SMILES string of the molecule is O=C(O)[C@@H](O)[C@@H](O)[C@@H](O)[C@@H](O)C(=O)O.O=C(O)[C@@H](O)[C@H](O)[C@H](O)[C@@H](O)C(=O)O.[Cu].[Zn]. The summed E-state index contributed by atoms with van der Waals surface area (Å²) in [5.41, 5.74) is 0. The van der Waals surface area contributed by atoms with Crippen molar-refractivity contribution in [3.05, 3.63) is 0 Å². The van der Waals surface area contributed by atoms with Crippen LogP contribution in [-0.4, -0.2) is 134 Å². The number of hydrogen-bond donors (Lipinski definition) is 12. The molecule has 16 nitrogen and oxygen atoms in total. The van der Waals surface area contributed by atoms with Crippen LogP contribution >= 0.6 is 0 Å². The first-order valence-corrected chi connectivity index (χ1v) is 6.93. The third kappa shape index (κ3) is 11.8. The predicted molar refractivity (Wildman–Crippen MR) is 78.6 cm³/mol. The Labute approximate surface area is 189 Å². The van der Waals surface area contributed by atoms with E-state index in [9.17, 15) is 19.2 Å². The van der Waals surface area contributed by atoms with Crippen molar-refractivity contribution in [3.63, 3.8) is 0 Å². The van der Waals surface area contributed by atoms with Crippen LogP contribution in [0.4, 0.5) is 0 Å². The molecule has 0 aliphatic rings. The number of carboxylic acid groups (broad SMARTS) is 4. The first-order valence-electron chi connectivity index (χ1n) is 6.93. The Kier molecular flexibility index (Phi) is 19.7. The molecule has 12 N–H and O–H groups in total. The van der Waals surface area contributed by atoms with Gasteiger partial charge in [0.15, 0.2) is 24.4 Å². The second-order valence-electron chi connectivity index (χ2n) is 5.09. The summed E-state index contributed by atoms with van der Waals surface area (Å²) in [7, 11) is 0. The number of aliphatic carboxylic acids is 4. The van der Waals surface area contributed by atoms with Gasteiger partial charge in [-0.1, -0.05) is 0 Å². The molecule has 0 aromatic heterocycles. The normalized spacial score (nSPS) is 18.1. The zero-order valence-corrected chi connectivity index (χ0v) is 18.5. The van der Waals surface area contributed by atoms with Crippen molar-refractivity contribution in [2.24, 2.45) is 0 Å². The van der Waals surface area contributed by atoms with Gasteiger partial charge in [0.05, 0.1) is 0 Å². The van der Waals surface area contributed by atoms with E-state index in [0.717, 1.165) is 0 Å². The van der Waals surface area contributed by atoms with Crippen molar-refractivity contribution in [1.82, 2.24) is 0 Å². The fourth-order valence-electron chi connectivity index (χ4n) is 1.33. The van der Waals surface area contributed by atoms with E-state index in [1.807, 2.05) is 0 Å². The molecule has 0 saturated heterocycles. The van der Waals surface area contributed by atoms with Crippen LogP contribution in [-0.2, 0) is 55.7 Å². The zero-order valence-electron chi connectivity index (χ0n) is 14.6. The van der Waals surface area contributed by atoms with E-state index < -0.39 is 72.7 Å². The van der Waals surface area contributed by atoms with Crippen molar-refractivity contribution in [2.75, 3.05) is 0 Å². The van der Waals surface area contributed by atoms with Crippen LogP contribution in [0.3, 0.4) is 0 Å². The minimum absolute atomic E-state index is 0. The van der Waals surface area contributed by atoms with E-state index in [4.69, 9.17) is 61.3 Å². The fourth-order valence-corrected chi connectivity index (χ4v) is 1.33. The topological polar surface area (TPSA) is 311 Å². The van der Waals surface area contributed by atoms with Crippen LogP contribution in [0.1, 0.15) is 0 Å². The van der Waals surface area contributed by atoms with Crippen LogP contribution in [0.15, 0.2) is 0 Å². The maximum atomic E-state index is 10.1. The summed E-state index contributed by atoms with van der Waals surface area (Å²) in [6.07, 6.45) is -18.6. The number of hydrogen-bond acceptors (Lipinski definition) is 12. The molecule has 0 aliphatic carbocycles. The molecule has 0 spiro atoms.